The van der Waals surface area contributed by atoms with Crippen molar-refractivity contribution in [1.29, 1.82) is 0 Å². The van der Waals surface area contributed by atoms with Gasteiger partial charge in [0, 0.05) is 18.9 Å². The lowest BCUT2D eigenvalue weighted by Gasteiger charge is -2.08. The number of nitrogen functional groups attached to an aromatic ring is 1. The number of ether oxygens (including phenoxy) is 4. The van der Waals surface area contributed by atoms with E-state index in [1.165, 1.54) is 7.11 Å². The first kappa shape index (κ1) is 15.3. The fourth-order valence-corrected chi connectivity index (χ4v) is 1.37. The van der Waals surface area contributed by atoms with Crippen LogP contribution in [0.25, 0.3) is 0 Å². The zero-order valence-corrected chi connectivity index (χ0v) is 11.2. The van der Waals surface area contributed by atoms with Crippen LogP contribution in [0.5, 0.6) is 5.75 Å². The molecule has 0 amide bonds. The van der Waals surface area contributed by atoms with E-state index in [0.29, 0.717) is 36.8 Å². The fourth-order valence-electron chi connectivity index (χ4n) is 1.37. The number of esters is 1. The van der Waals surface area contributed by atoms with Crippen LogP contribution in [-0.4, -0.2) is 46.6 Å². The zero-order chi connectivity index (χ0) is 14.1. The Bertz CT molecular complexity index is 408. The molecule has 2 N–H and O–H groups in total. The van der Waals surface area contributed by atoms with E-state index in [9.17, 15) is 4.79 Å². The number of methoxy groups -OCH3 is 2. The van der Waals surface area contributed by atoms with Gasteiger partial charge in [-0.2, -0.15) is 0 Å². The van der Waals surface area contributed by atoms with E-state index in [1.54, 1.807) is 25.3 Å². The van der Waals surface area contributed by atoms with Crippen LogP contribution in [-0.2, 0) is 14.2 Å². The molecule has 1 rings (SSSR count). The third-order valence-corrected chi connectivity index (χ3v) is 2.37. The van der Waals surface area contributed by atoms with Crippen molar-refractivity contribution in [2.75, 3.05) is 46.4 Å². The number of anilines is 1. The number of rotatable bonds is 8. The summed E-state index contributed by atoms with van der Waals surface area (Å²) in [6, 6.07) is 4.80. The second-order valence-electron chi connectivity index (χ2n) is 3.69. The maximum absolute atomic E-state index is 11.7. The molecule has 106 valence electrons. The van der Waals surface area contributed by atoms with Crippen molar-refractivity contribution < 1.29 is 23.7 Å². The van der Waals surface area contributed by atoms with E-state index in [2.05, 4.69) is 0 Å². The van der Waals surface area contributed by atoms with Gasteiger partial charge < -0.3 is 24.7 Å². The lowest BCUT2D eigenvalue weighted by Crippen LogP contribution is -2.13. The minimum Gasteiger partial charge on any atom is -0.497 e. The van der Waals surface area contributed by atoms with Crippen molar-refractivity contribution in [1.82, 2.24) is 0 Å². The van der Waals surface area contributed by atoms with Crippen LogP contribution in [0.4, 0.5) is 5.69 Å². The first-order valence-corrected chi connectivity index (χ1v) is 5.86. The number of benzene rings is 1. The van der Waals surface area contributed by atoms with Gasteiger partial charge >= 0.3 is 5.97 Å². The SMILES string of the molecule is COCCOCCOC(=O)c1ccc(OC)cc1N. The predicted octanol–water partition coefficient (Wildman–Crippen LogP) is 1.10. The first-order chi connectivity index (χ1) is 9.19. The summed E-state index contributed by atoms with van der Waals surface area (Å²) < 4.78 is 20.0. The largest absolute Gasteiger partial charge is 0.497 e. The fraction of sp³-hybridized carbons (Fsp3) is 0.462. The van der Waals surface area contributed by atoms with E-state index in [4.69, 9.17) is 24.7 Å². The van der Waals surface area contributed by atoms with Crippen LogP contribution in [0.1, 0.15) is 10.4 Å². The van der Waals surface area contributed by atoms with Gasteiger partial charge in [-0.3, -0.25) is 0 Å². The molecule has 1 aromatic rings. The average molecular weight is 269 g/mol. The van der Waals surface area contributed by atoms with Crippen LogP contribution < -0.4 is 10.5 Å². The predicted molar refractivity (Wildman–Crippen MR) is 70.4 cm³/mol. The first-order valence-electron chi connectivity index (χ1n) is 5.86. The highest BCUT2D eigenvalue weighted by molar-refractivity contribution is 5.95. The summed E-state index contributed by atoms with van der Waals surface area (Å²) in [5.41, 5.74) is 6.38. The Morgan fingerprint density at radius 2 is 1.89 bits per heavy atom. The summed E-state index contributed by atoms with van der Waals surface area (Å²) in [5, 5.41) is 0. The van der Waals surface area contributed by atoms with E-state index in [-0.39, 0.29) is 6.61 Å². The molecule has 6 heteroatoms. The van der Waals surface area contributed by atoms with Gasteiger partial charge in [-0.05, 0) is 12.1 Å². The van der Waals surface area contributed by atoms with Crippen molar-refractivity contribution in [3.63, 3.8) is 0 Å². The Morgan fingerprint density at radius 3 is 2.53 bits per heavy atom. The summed E-state index contributed by atoms with van der Waals surface area (Å²) >= 11 is 0. The van der Waals surface area contributed by atoms with E-state index in [1.807, 2.05) is 0 Å². The number of carbonyl (C=O) groups excluding carboxylic acids is 1. The lowest BCUT2D eigenvalue weighted by molar-refractivity contribution is 0.0214. The van der Waals surface area contributed by atoms with Crippen LogP contribution >= 0.6 is 0 Å². The van der Waals surface area contributed by atoms with Gasteiger partial charge in [0.15, 0.2) is 0 Å². The van der Waals surface area contributed by atoms with Crippen LogP contribution in [0.3, 0.4) is 0 Å². The van der Waals surface area contributed by atoms with Crippen molar-refractivity contribution in [2.45, 2.75) is 0 Å². The average Bonchev–Trinajstić information content (AvgIpc) is 2.42. The van der Waals surface area contributed by atoms with Gasteiger partial charge in [-0.25, -0.2) is 4.79 Å². The number of carbonyl (C=O) groups is 1. The number of hydrogen-bond acceptors (Lipinski definition) is 6. The molecule has 0 bridgehead atoms. The van der Waals surface area contributed by atoms with E-state index < -0.39 is 5.97 Å². The van der Waals surface area contributed by atoms with Gasteiger partial charge in [0.25, 0.3) is 0 Å². The van der Waals surface area contributed by atoms with Gasteiger partial charge in [0.2, 0.25) is 0 Å². The van der Waals surface area contributed by atoms with E-state index >= 15 is 0 Å². The molecule has 0 aliphatic rings. The second kappa shape index (κ2) is 8.34. The van der Waals surface area contributed by atoms with Gasteiger partial charge in [0.05, 0.1) is 32.5 Å². The topological polar surface area (TPSA) is 80.0 Å². The molecule has 6 nitrogen and oxygen atoms in total. The molecule has 0 aliphatic heterocycles. The molecule has 0 atom stereocenters. The Kier molecular flexibility index (Phi) is 6.70. The molecule has 19 heavy (non-hydrogen) atoms. The minimum absolute atomic E-state index is 0.175. The van der Waals surface area contributed by atoms with E-state index in [0.717, 1.165) is 0 Å². The molecule has 0 saturated heterocycles. The maximum Gasteiger partial charge on any atom is 0.340 e. The second-order valence-corrected chi connectivity index (χ2v) is 3.69. The van der Waals surface area contributed by atoms with Crippen molar-refractivity contribution in [2.24, 2.45) is 0 Å². The third-order valence-electron chi connectivity index (χ3n) is 2.37. The van der Waals surface area contributed by atoms with Gasteiger partial charge in [-0.1, -0.05) is 0 Å². The molecule has 0 radical (unpaired) electrons. The number of hydrogen-bond donors (Lipinski definition) is 1. The third kappa shape index (κ3) is 5.15. The molecular weight excluding hydrogens is 250 g/mol. The summed E-state index contributed by atoms with van der Waals surface area (Å²) in [6.45, 7) is 1.48. The molecule has 0 unspecified atom stereocenters. The lowest BCUT2D eigenvalue weighted by atomic mass is 10.2. The Balaban J connectivity index is 2.37. The highest BCUT2D eigenvalue weighted by atomic mass is 16.6. The van der Waals surface area contributed by atoms with Crippen LogP contribution in [0.2, 0.25) is 0 Å². The molecule has 0 aliphatic carbocycles. The summed E-state index contributed by atoms with van der Waals surface area (Å²) in [6.07, 6.45) is 0. The molecule has 0 aromatic heterocycles. The zero-order valence-electron chi connectivity index (χ0n) is 11.2. The maximum atomic E-state index is 11.7. The molecule has 0 fully saturated rings. The monoisotopic (exact) mass is 269 g/mol. The smallest absolute Gasteiger partial charge is 0.340 e. The molecule has 0 saturated carbocycles. The van der Waals surface area contributed by atoms with Crippen molar-refractivity contribution in [3.05, 3.63) is 23.8 Å². The van der Waals surface area contributed by atoms with Crippen LogP contribution in [0.15, 0.2) is 18.2 Å². The van der Waals surface area contributed by atoms with Gasteiger partial charge in [0.1, 0.15) is 12.4 Å². The van der Waals surface area contributed by atoms with Crippen LogP contribution in [0, 0.1) is 0 Å². The summed E-state index contributed by atoms with van der Waals surface area (Å²) in [7, 11) is 3.12. The molecular formula is C13H19NO5. The quantitative estimate of drug-likeness (QED) is 0.432. The normalized spacial score (nSPS) is 10.2. The summed E-state index contributed by atoms with van der Waals surface area (Å²) in [4.78, 5) is 11.7. The minimum atomic E-state index is -0.476. The Morgan fingerprint density at radius 1 is 1.16 bits per heavy atom. The molecule has 1 aromatic carbocycles. The highest BCUT2D eigenvalue weighted by Crippen LogP contribution is 2.20. The Labute approximate surface area is 112 Å². The van der Waals surface area contributed by atoms with Crippen molar-refractivity contribution in [3.8, 4) is 5.75 Å². The molecule has 0 heterocycles. The molecule has 0 spiro atoms. The number of nitrogens with two attached hydrogens (primary N) is 1. The highest BCUT2D eigenvalue weighted by Gasteiger charge is 2.11. The van der Waals surface area contributed by atoms with Gasteiger partial charge in [-0.15, -0.1) is 0 Å². The summed E-state index contributed by atoms with van der Waals surface area (Å²) in [5.74, 6) is 0.118. The Hall–Kier alpha value is -1.79. The standard InChI is InChI=1S/C13H19NO5/c1-16-5-6-18-7-8-19-13(15)11-4-3-10(17-2)9-12(11)14/h3-4,9H,5-8,14H2,1-2H3. The van der Waals surface area contributed by atoms with Crippen molar-refractivity contribution >= 4 is 11.7 Å².